The van der Waals surface area contributed by atoms with Crippen LogP contribution >= 0.6 is 27.7 Å². The number of phenolic OH excluding ortho intramolecular Hbond substituents is 1. The molecule has 23 heavy (non-hydrogen) atoms. The predicted molar refractivity (Wildman–Crippen MR) is 96.3 cm³/mol. The van der Waals surface area contributed by atoms with Gasteiger partial charge in [0.25, 0.3) is 5.91 Å². The molecule has 1 atom stereocenters. The molecule has 117 valence electrons. The highest BCUT2D eigenvalue weighted by atomic mass is 79.9. The fourth-order valence-corrected chi connectivity index (χ4v) is 3.56. The lowest BCUT2D eigenvalue weighted by molar-refractivity contribution is 0.0933. The first-order valence-electron chi connectivity index (χ1n) is 6.86. The van der Waals surface area contributed by atoms with Crippen LogP contribution in [0.4, 0.5) is 0 Å². The summed E-state index contributed by atoms with van der Waals surface area (Å²) in [6.45, 7) is 0. The minimum atomic E-state index is -0.349. The van der Waals surface area contributed by atoms with Crippen LogP contribution in [0.5, 0.6) is 5.75 Å². The molecule has 4 nitrogen and oxygen atoms in total. The van der Waals surface area contributed by atoms with Gasteiger partial charge in [0.1, 0.15) is 5.75 Å². The molecule has 0 fully saturated rings. The second-order valence-corrected chi connectivity index (χ2v) is 6.83. The number of benzene rings is 2. The van der Waals surface area contributed by atoms with Crippen LogP contribution < -0.4 is 5.32 Å². The van der Waals surface area contributed by atoms with Crippen molar-refractivity contribution in [1.29, 1.82) is 0 Å². The number of rotatable bonds is 3. The molecular formula is C17H14BrN2O2S. The lowest BCUT2D eigenvalue weighted by Gasteiger charge is -2.25. The van der Waals surface area contributed by atoms with Gasteiger partial charge in [-0.05, 0) is 29.2 Å². The summed E-state index contributed by atoms with van der Waals surface area (Å²) in [5, 5.41) is 14.7. The predicted octanol–water partition coefficient (Wildman–Crippen LogP) is 4.01. The SMILES string of the molecule is [CH2]N1C(c2ccccc2)=CSC1NC(=O)c1cc(Br)ccc1O. The number of thioether (sulfide) groups is 1. The van der Waals surface area contributed by atoms with E-state index in [0.717, 1.165) is 15.7 Å². The minimum absolute atomic E-state index is 0.0550. The van der Waals surface area contributed by atoms with Crippen molar-refractivity contribution >= 4 is 39.3 Å². The van der Waals surface area contributed by atoms with Gasteiger partial charge in [-0.25, -0.2) is 0 Å². The molecule has 1 heterocycles. The molecule has 1 amide bonds. The third kappa shape index (κ3) is 3.38. The Kier molecular flexibility index (Phi) is 4.63. The summed E-state index contributed by atoms with van der Waals surface area (Å²) in [7, 11) is 4.02. The van der Waals surface area contributed by atoms with Crippen LogP contribution in [-0.4, -0.2) is 21.4 Å². The molecule has 0 aliphatic carbocycles. The number of carbonyl (C=O) groups excluding carboxylic acids is 1. The summed E-state index contributed by atoms with van der Waals surface area (Å²) in [4.78, 5) is 14.1. The molecule has 0 saturated heterocycles. The molecular weight excluding hydrogens is 376 g/mol. The number of nitrogens with one attached hydrogen (secondary N) is 1. The molecule has 3 rings (SSSR count). The average molecular weight is 390 g/mol. The molecule has 2 aromatic rings. The van der Waals surface area contributed by atoms with Gasteiger partial charge >= 0.3 is 0 Å². The first kappa shape index (κ1) is 16.0. The Morgan fingerprint density at radius 1 is 1.26 bits per heavy atom. The van der Waals surface area contributed by atoms with Crippen molar-refractivity contribution < 1.29 is 9.90 Å². The van der Waals surface area contributed by atoms with Crippen molar-refractivity contribution in [2.24, 2.45) is 0 Å². The third-order valence-electron chi connectivity index (χ3n) is 3.43. The molecule has 0 saturated carbocycles. The quantitative estimate of drug-likeness (QED) is 0.832. The number of hydrogen-bond donors (Lipinski definition) is 2. The van der Waals surface area contributed by atoms with E-state index in [1.807, 2.05) is 35.7 Å². The Morgan fingerprint density at radius 3 is 2.74 bits per heavy atom. The van der Waals surface area contributed by atoms with Gasteiger partial charge in [0.2, 0.25) is 0 Å². The maximum Gasteiger partial charge on any atom is 0.257 e. The molecule has 0 spiro atoms. The first-order chi connectivity index (χ1) is 11.1. The Balaban J connectivity index is 1.73. The molecule has 1 aliphatic heterocycles. The summed E-state index contributed by atoms with van der Waals surface area (Å²) in [6.07, 6.45) is 0. The van der Waals surface area contributed by atoms with Crippen LogP contribution in [0.25, 0.3) is 5.70 Å². The van der Waals surface area contributed by atoms with E-state index in [-0.39, 0.29) is 22.7 Å². The van der Waals surface area contributed by atoms with Crippen LogP contribution in [0, 0.1) is 7.05 Å². The van der Waals surface area contributed by atoms with Crippen molar-refractivity contribution in [3.05, 3.63) is 76.6 Å². The van der Waals surface area contributed by atoms with Crippen LogP contribution in [0.3, 0.4) is 0 Å². The van der Waals surface area contributed by atoms with E-state index >= 15 is 0 Å². The standard InChI is InChI=1S/C17H14BrN2O2S/c1-20-14(11-5-3-2-4-6-11)10-23-17(20)19-16(22)13-9-12(18)7-8-15(13)21/h2-10,17,21H,1H2,(H,19,22). The lowest BCUT2D eigenvalue weighted by Crippen LogP contribution is -2.39. The van der Waals surface area contributed by atoms with E-state index in [1.54, 1.807) is 17.0 Å². The largest absolute Gasteiger partial charge is 0.507 e. The number of phenols is 1. The molecule has 1 unspecified atom stereocenters. The minimum Gasteiger partial charge on any atom is -0.507 e. The van der Waals surface area contributed by atoms with Crippen molar-refractivity contribution in [2.75, 3.05) is 0 Å². The summed E-state index contributed by atoms with van der Waals surface area (Å²) >= 11 is 4.76. The van der Waals surface area contributed by atoms with Gasteiger partial charge in [0, 0.05) is 11.5 Å². The molecule has 6 heteroatoms. The molecule has 1 aliphatic rings. The number of hydrogen-bond acceptors (Lipinski definition) is 4. The van der Waals surface area contributed by atoms with Crippen LogP contribution in [0.2, 0.25) is 0 Å². The molecule has 1 radical (unpaired) electrons. The highest BCUT2D eigenvalue weighted by Crippen LogP contribution is 2.35. The van der Waals surface area contributed by atoms with Gasteiger partial charge in [0.15, 0.2) is 5.50 Å². The fraction of sp³-hybridized carbons (Fsp3) is 0.0588. The van der Waals surface area contributed by atoms with Crippen molar-refractivity contribution in [2.45, 2.75) is 5.50 Å². The van der Waals surface area contributed by atoms with Gasteiger partial charge in [-0.1, -0.05) is 58.0 Å². The monoisotopic (exact) mass is 389 g/mol. The summed E-state index contributed by atoms with van der Waals surface area (Å²) < 4.78 is 0.731. The van der Waals surface area contributed by atoms with Crippen LogP contribution in [0.15, 0.2) is 58.4 Å². The number of halogens is 1. The summed E-state index contributed by atoms with van der Waals surface area (Å²) in [6, 6.07) is 14.6. The molecule has 2 N–H and O–H groups in total. The molecule has 2 aromatic carbocycles. The molecule has 0 aromatic heterocycles. The van der Waals surface area contributed by atoms with E-state index < -0.39 is 0 Å². The van der Waals surface area contributed by atoms with Gasteiger partial charge in [-0.15, -0.1) is 0 Å². The van der Waals surface area contributed by atoms with E-state index in [4.69, 9.17) is 0 Å². The lowest BCUT2D eigenvalue weighted by atomic mass is 10.1. The van der Waals surface area contributed by atoms with E-state index in [1.165, 1.54) is 17.8 Å². The summed E-state index contributed by atoms with van der Waals surface area (Å²) in [5.41, 5.74) is 1.88. The number of aromatic hydroxyl groups is 1. The zero-order chi connectivity index (χ0) is 16.4. The second-order valence-electron chi connectivity index (χ2n) is 4.96. The van der Waals surface area contributed by atoms with Gasteiger partial charge in [-0.2, -0.15) is 0 Å². The number of nitrogens with zero attached hydrogens (tertiary/aromatic N) is 1. The highest BCUT2D eigenvalue weighted by Gasteiger charge is 2.27. The fourth-order valence-electron chi connectivity index (χ4n) is 2.23. The zero-order valence-electron chi connectivity index (χ0n) is 12.1. The van der Waals surface area contributed by atoms with Gasteiger partial charge in [0.05, 0.1) is 11.3 Å². The highest BCUT2D eigenvalue weighted by molar-refractivity contribution is 9.10. The number of carbonyl (C=O) groups is 1. The first-order valence-corrected chi connectivity index (χ1v) is 8.60. The van der Waals surface area contributed by atoms with Crippen LogP contribution in [0.1, 0.15) is 15.9 Å². The second kappa shape index (κ2) is 6.68. The Morgan fingerprint density at radius 2 is 2.00 bits per heavy atom. The van der Waals surface area contributed by atoms with Crippen molar-refractivity contribution in [3.63, 3.8) is 0 Å². The summed E-state index contributed by atoms with van der Waals surface area (Å²) in [5.74, 6) is -0.404. The maximum atomic E-state index is 12.4. The number of amides is 1. The molecule has 0 bridgehead atoms. The van der Waals surface area contributed by atoms with E-state index in [2.05, 4.69) is 28.3 Å². The zero-order valence-corrected chi connectivity index (χ0v) is 14.5. The Labute approximate surface area is 147 Å². The normalized spacial score (nSPS) is 17.0. The van der Waals surface area contributed by atoms with Crippen molar-refractivity contribution in [3.8, 4) is 5.75 Å². The topological polar surface area (TPSA) is 52.6 Å². The smallest absolute Gasteiger partial charge is 0.257 e. The Hall–Kier alpha value is -1.92. The van der Waals surface area contributed by atoms with Gasteiger partial charge in [-0.3, -0.25) is 4.79 Å². The third-order valence-corrected chi connectivity index (χ3v) is 4.91. The van der Waals surface area contributed by atoms with Crippen molar-refractivity contribution in [1.82, 2.24) is 10.2 Å². The van der Waals surface area contributed by atoms with Crippen LogP contribution in [-0.2, 0) is 0 Å². The average Bonchev–Trinajstić information content (AvgIpc) is 2.91. The van der Waals surface area contributed by atoms with Gasteiger partial charge < -0.3 is 15.3 Å². The maximum absolute atomic E-state index is 12.4. The van der Waals surface area contributed by atoms with E-state index in [0.29, 0.717) is 0 Å². The Bertz CT molecular complexity index is 764. The van der Waals surface area contributed by atoms with E-state index in [9.17, 15) is 9.90 Å².